The van der Waals surface area contributed by atoms with Crippen LogP contribution in [-0.2, 0) is 12.8 Å². The van der Waals surface area contributed by atoms with E-state index < -0.39 is 0 Å². The van der Waals surface area contributed by atoms with Crippen molar-refractivity contribution in [1.82, 2.24) is 4.98 Å². The topological polar surface area (TPSA) is 71.5 Å². The van der Waals surface area contributed by atoms with E-state index in [1.54, 1.807) is 11.3 Å². The zero-order valence-electron chi connectivity index (χ0n) is 13.9. The largest absolute Gasteiger partial charge is 0.409 e. The molecule has 1 heterocycles. The van der Waals surface area contributed by atoms with E-state index in [0.717, 1.165) is 36.9 Å². The number of rotatable bonds is 7. The van der Waals surface area contributed by atoms with Crippen LogP contribution in [0, 0.1) is 0 Å². The van der Waals surface area contributed by atoms with E-state index in [1.807, 2.05) is 36.4 Å². The van der Waals surface area contributed by atoms with Gasteiger partial charge in [0, 0.05) is 16.5 Å². The highest BCUT2D eigenvalue weighted by Crippen LogP contribution is 2.22. The number of thiazole rings is 1. The van der Waals surface area contributed by atoms with Gasteiger partial charge >= 0.3 is 0 Å². The normalized spacial score (nSPS) is 11.6. The lowest BCUT2D eigenvalue weighted by molar-refractivity contribution is 0.318. The van der Waals surface area contributed by atoms with Gasteiger partial charge in [0.2, 0.25) is 0 Å². The molecule has 0 aliphatic heterocycles. The summed E-state index contributed by atoms with van der Waals surface area (Å²) in [5.41, 5.74) is 9.83. The first kappa shape index (κ1) is 17.2. The van der Waals surface area contributed by atoms with Crippen LogP contribution in [-0.4, -0.2) is 16.0 Å². The molecule has 3 rings (SSSR count). The zero-order valence-corrected chi connectivity index (χ0v) is 14.7. The molecule has 0 unspecified atom stereocenters. The summed E-state index contributed by atoms with van der Waals surface area (Å²) in [4.78, 5) is 4.73. The Morgan fingerprint density at radius 3 is 2.64 bits per heavy atom. The van der Waals surface area contributed by atoms with Gasteiger partial charge in [0.25, 0.3) is 0 Å². The van der Waals surface area contributed by atoms with Crippen LogP contribution >= 0.6 is 11.3 Å². The first-order chi connectivity index (χ1) is 12.3. The number of benzene rings is 2. The predicted octanol–water partition coefficient (Wildman–Crippen LogP) is 4.47. The Bertz CT molecular complexity index is 843. The summed E-state index contributed by atoms with van der Waals surface area (Å²) in [6.45, 7) is 0. The molecule has 0 aliphatic rings. The maximum atomic E-state index is 8.76. The van der Waals surface area contributed by atoms with Crippen LogP contribution in [0.25, 0.3) is 11.3 Å². The first-order valence-electron chi connectivity index (χ1n) is 8.33. The minimum Gasteiger partial charge on any atom is -0.409 e. The van der Waals surface area contributed by atoms with Crippen LogP contribution in [0.3, 0.4) is 0 Å². The van der Waals surface area contributed by atoms with Crippen LogP contribution in [0.4, 0.5) is 0 Å². The predicted molar refractivity (Wildman–Crippen MR) is 103 cm³/mol. The fourth-order valence-corrected chi connectivity index (χ4v) is 3.57. The molecule has 1 aromatic heterocycles. The lowest BCUT2D eigenvalue weighted by atomic mass is 10.0. The fourth-order valence-electron chi connectivity index (χ4n) is 2.72. The van der Waals surface area contributed by atoms with Gasteiger partial charge < -0.3 is 10.9 Å². The Morgan fingerprint density at radius 1 is 1.04 bits per heavy atom. The molecule has 0 fully saturated rings. The molecule has 0 radical (unpaired) electrons. The third kappa shape index (κ3) is 4.67. The van der Waals surface area contributed by atoms with Crippen molar-refractivity contribution in [3.05, 3.63) is 76.1 Å². The number of unbranched alkanes of at least 4 members (excludes halogenated alkanes) is 1. The lowest BCUT2D eigenvalue weighted by Gasteiger charge is -2.04. The highest BCUT2D eigenvalue weighted by Gasteiger charge is 2.05. The van der Waals surface area contributed by atoms with Crippen molar-refractivity contribution in [2.45, 2.75) is 25.7 Å². The lowest BCUT2D eigenvalue weighted by Crippen LogP contribution is -2.13. The summed E-state index contributed by atoms with van der Waals surface area (Å²) in [5.74, 6) is 0.151. The Balaban J connectivity index is 1.50. The SMILES string of the molecule is N/C(=N\O)c1cccc(CCCCc2nc(-c3ccccc3)cs2)c1. The molecule has 0 saturated heterocycles. The molecular formula is C20H21N3OS. The van der Waals surface area contributed by atoms with E-state index in [2.05, 4.69) is 28.7 Å². The fraction of sp³-hybridized carbons (Fsp3) is 0.200. The molecule has 25 heavy (non-hydrogen) atoms. The van der Waals surface area contributed by atoms with Crippen molar-refractivity contribution >= 4 is 17.2 Å². The number of aryl methyl sites for hydroxylation is 2. The number of nitrogens with two attached hydrogens (primary N) is 1. The summed E-state index contributed by atoms with van der Waals surface area (Å²) in [6.07, 6.45) is 4.15. The second-order valence-corrected chi connectivity index (χ2v) is 6.83. The van der Waals surface area contributed by atoms with Crippen molar-refractivity contribution in [2.24, 2.45) is 10.9 Å². The van der Waals surface area contributed by atoms with Gasteiger partial charge in [-0.2, -0.15) is 0 Å². The highest BCUT2D eigenvalue weighted by molar-refractivity contribution is 7.09. The number of hydrogen-bond acceptors (Lipinski definition) is 4. The van der Waals surface area contributed by atoms with E-state index in [4.69, 9.17) is 15.9 Å². The number of oxime groups is 1. The Kier molecular flexibility index (Phi) is 5.80. The number of nitrogens with zero attached hydrogens (tertiary/aromatic N) is 2. The number of aromatic nitrogens is 1. The minimum atomic E-state index is 0.151. The van der Waals surface area contributed by atoms with E-state index in [1.165, 1.54) is 16.1 Å². The van der Waals surface area contributed by atoms with Crippen molar-refractivity contribution in [3.63, 3.8) is 0 Å². The molecule has 128 valence electrons. The maximum Gasteiger partial charge on any atom is 0.170 e. The Hall–Kier alpha value is -2.66. The van der Waals surface area contributed by atoms with E-state index in [9.17, 15) is 0 Å². The molecule has 0 saturated carbocycles. The average molecular weight is 351 g/mol. The van der Waals surface area contributed by atoms with E-state index in [-0.39, 0.29) is 5.84 Å². The number of amidine groups is 1. The molecule has 5 heteroatoms. The molecule has 3 N–H and O–H groups in total. The zero-order chi connectivity index (χ0) is 17.5. The third-order valence-corrected chi connectivity index (χ3v) is 4.97. The van der Waals surface area contributed by atoms with Gasteiger partial charge in [-0.05, 0) is 37.3 Å². The molecule has 0 bridgehead atoms. The number of hydrogen-bond donors (Lipinski definition) is 2. The van der Waals surface area contributed by atoms with Gasteiger partial charge in [-0.1, -0.05) is 53.7 Å². The second-order valence-electron chi connectivity index (χ2n) is 5.89. The average Bonchev–Trinajstić information content (AvgIpc) is 3.14. The molecule has 0 aliphatic carbocycles. The summed E-state index contributed by atoms with van der Waals surface area (Å²) in [7, 11) is 0. The summed E-state index contributed by atoms with van der Waals surface area (Å²) in [6, 6.07) is 18.1. The van der Waals surface area contributed by atoms with Crippen LogP contribution in [0.2, 0.25) is 0 Å². The smallest absolute Gasteiger partial charge is 0.170 e. The molecular weight excluding hydrogens is 330 g/mol. The highest BCUT2D eigenvalue weighted by atomic mass is 32.1. The molecule has 0 atom stereocenters. The quantitative estimate of drug-likeness (QED) is 0.217. The molecule has 0 spiro atoms. The monoisotopic (exact) mass is 351 g/mol. The summed E-state index contributed by atoms with van der Waals surface area (Å²) in [5, 5.41) is 15.1. The molecule has 2 aromatic carbocycles. The second kappa shape index (κ2) is 8.44. The van der Waals surface area contributed by atoms with Gasteiger partial charge in [0.05, 0.1) is 10.7 Å². The molecule has 3 aromatic rings. The van der Waals surface area contributed by atoms with Gasteiger partial charge in [-0.3, -0.25) is 0 Å². The van der Waals surface area contributed by atoms with Crippen LogP contribution < -0.4 is 5.73 Å². The summed E-state index contributed by atoms with van der Waals surface area (Å²) >= 11 is 1.73. The minimum absolute atomic E-state index is 0.151. The van der Waals surface area contributed by atoms with Gasteiger partial charge in [0.15, 0.2) is 5.84 Å². The van der Waals surface area contributed by atoms with Crippen molar-refractivity contribution in [1.29, 1.82) is 0 Å². The Morgan fingerprint density at radius 2 is 1.84 bits per heavy atom. The van der Waals surface area contributed by atoms with Crippen LogP contribution in [0.1, 0.15) is 29.0 Å². The standard InChI is InChI=1S/C20H21N3OS/c21-20(23-24)17-11-6-8-15(13-17)7-4-5-12-19-22-18(14-25-19)16-9-2-1-3-10-16/h1-3,6,8-11,13-14,24H,4-5,7,12H2,(H2,21,23). The molecule has 4 nitrogen and oxygen atoms in total. The van der Waals surface area contributed by atoms with E-state index >= 15 is 0 Å². The van der Waals surface area contributed by atoms with Crippen molar-refractivity contribution < 1.29 is 5.21 Å². The van der Waals surface area contributed by atoms with Crippen LogP contribution in [0.15, 0.2) is 65.1 Å². The third-order valence-electron chi connectivity index (χ3n) is 4.06. The van der Waals surface area contributed by atoms with Crippen molar-refractivity contribution in [3.8, 4) is 11.3 Å². The first-order valence-corrected chi connectivity index (χ1v) is 9.21. The van der Waals surface area contributed by atoms with Gasteiger partial charge in [-0.15, -0.1) is 11.3 Å². The summed E-state index contributed by atoms with van der Waals surface area (Å²) < 4.78 is 0. The van der Waals surface area contributed by atoms with Crippen molar-refractivity contribution in [2.75, 3.05) is 0 Å². The van der Waals surface area contributed by atoms with Gasteiger partial charge in [0.1, 0.15) is 0 Å². The maximum absolute atomic E-state index is 8.76. The Labute approximate surface area is 151 Å². The van der Waals surface area contributed by atoms with Gasteiger partial charge in [-0.25, -0.2) is 4.98 Å². The van der Waals surface area contributed by atoms with Crippen LogP contribution in [0.5, 0.6) is 0 Å². The van der Waals surface area contributed by atoms with E-state index in [0.29, 0.717) is 0 Å². The molecule has 0 amide bonds.